The summed E-state index contributed by atoms with van der Waals surface area (Å²) in [4.78, 5) is 16.1. The smallest absolute Gasteiger partial charge is 0.313 e. The summed E-state index contributed by atoms with van der Waals surface area (Å²) in [5.41, 5.74) is 3.52. The molecule has 0 saturated heterocycles. The highest BCUT2D eigenvalue weighted by Gasteiger charge is 2.32. The van der Waals surface area contributed by atoms with E-state index in [0.717, 1.165) is 49.3 Å². The molecule has 1 atom stereocenters. The number of esters is 1. The molecule has 0 aliphatic heterocycles. The van der Waals surface area contributed by atoms with Crippen LogP contribution >= 0.6 is 0 Å². The predicted molar refractivity (Wildman–Crippen MR) is 77.2 cm³/mol. The molecule has 1 unspecified atom stereocenters. The van der Waals surface area contributed by atoms with Crippen LogP contribution in [0.3, 0.4) is 0 Å². The van der Waals surface area contributed by atoms with Gasteiger partial charge in [-0.2, -0.15) is 0 Å². The van der Waals surface area contributed by atoms with Crippen molar-refractivity contribution in [3.63, 3.8) is 0 Å². The summed E-state index contributed by atoms with van der Waals surface area (Å²) in [6.07, 6.45) is 6.97. The van der Waals surface area contributed by atoms with Crippen LogP contribution in [0.5, 0.6) is 0 Å². The van der Waals surface area contributed by atoms with Gasteiger partial charge < -0.3 is 4.74 Å². The van der Waals surface area contributed by atoms with Crippen molar-refractivity contribution in [2.24, 2.45) is 5.92 Å². The average Bonchev–Trinajstić information content (AvgIpc) is 3.22. The second-order valence-electron chi connectivity index (χ2n) is 6.02. The van der Waals surface area contributed by atoms with Gasteiger partial charge in [-0.1, -0.05) is 0 Å². The highest BCUT2D eigenvalue weighted by Crippen LogP contribution is 2.35. The normalized spacial score (nSPS) is 22.3. The Morgan fingerprint density at radius 2 is 1.90 bits per heavy atom. The van der Waals surface area contributed by atoms with Crippen molar-refractivity contribution in [1.29, 1.82) is 0 Å². The molecule has 3 heteroatoms. The van der Waals surface area contributed by atoms with Crippen LogP contribution in [-0.2, 0) is 9.53 Å². The molecule has 1 aromatic rings. The van der Waals surface area contributed by atoms with Crippen LogP contribution in [0.25, 0.3) is 0 Å². The maximum absolute atomic E-state index is 11.6. The summed E-state index contributed by atoms with van der Waals surface area (Å²) in [6.45, 7) is 4.08. The largest absolute Gasteiger partial charge is 0.431 e. The molecule has 0 radical (unpaired) electrons. The number of carbonyl (C=O) groups excluding carboxylic acids is 1. The van der Waals surface area contributed by atoms with Crippen LogP contribution in [0, 0.1) is 19.8 Å². The number of aromatic nitrogens is 1. The molecule has 2 aliphatic carbocycles. The first-order chi connectivity index (χ1) is 9.61. The quantitative estimate of drug-likeness (QED) is 0.785. The van der Waals surface area contributed by atoms with Gasteiger partial charge in [-0.15, -0.1) is 0 Å². The number of rotatable bonds is 3. The van der Waals surface area contributed by atoms with E-state index in [1.54, 1.807) is 0 Å². The molecule has 1 heterocycles. The minimum absolute atomic E-state index is 0.0229. The Morgan fingerprint density at radius 3 is 2.45 bits per heavy atom. The number of allylic oxidation sites excluding steroid dienone is 2. The average molecular weight is 271 g/mol. The summed E-state index contributed by atoms with van der Waals surface area (Å²) in [7, 11) is 0. The molecular weight excluding hydrogens is 250 g/mol. The molecule has 3 rings (SSSR count). The Bertz CT molecular complexity index is 538. The van der Waals surface area contributed by atoms with E-state index < -0.39 is 0 Å². The number of pyridine rings is 1. The van der Waals surface area contributed by atoms with Crippen LogP contribution in [0.4, 0.5) is 0 Å². The van der Waals surface area contributed by atoms with Gasteiger partial charge in [0.2, 0.25) is 0 Å². The molecule has 0 bridgehead atoms. The highest BCUT2D eigenvalue weighted by molar-refractivity contribution is 5.75. The molecule has 0 spiro atoms. The maximum atomic E-state index is 11.6. The topological polar surface area (TPSA) is 39.2 Å². The minimum Gasteiger partial charge on any atom is -0.431 e. The van der Waals surface area contributed by atoms with Crippen molar-refractivity contribution < 1.29 is 9.53 Å². The first-order valence-electron chi connectivity index (χ1n) is 7.48. The Balaban J connectivity index is 1.64. The van der Waals surface area contributed by atoms with Crippen molar-refractivity contribution in [1.82, 2.24) is 4.98 Å². The number of carbonyl (C=O) groups is 1. The van der Waals surface area contributed by atoms with E-state index >= 15 is 0 Å². The fraction of sp³-hybridized carbons (Fsp3) is 0.529. The lowest BCUT2D eigenvalue weighted by Crippen LogP contribution is -2.11. The van der Waals surface area contributed by atoms with Gasteiger partial charge in [0.05, 0.1) is 5.92 Å². The highest BCUT2D eigenvalue weighted by atomic mass is 16.5. The predicted octanol–water partition coefficient (Wildman–Crippen LogP) is 3.80. The van der Waals surface area contributed by atoms with Gasteiger partial charge >= 0.3 is 5.97 Å². The summed E-state index contributed by atoms with van der Waals surface area (Å²) in [6, 6.07) is 4.35. The second-order valence-corrected chi connectivity index (χ2v) is 6.02. The molecule has 106 valence electrons. The molecule has 0 N–H and O–H groups in total. The first-order valence-corrected chi connectivity index (χ1v) is 7.48. The molecule has 3 nitrogen and oxygen atoms in total. The molecule has 2 aliphatic rings. The van der Waals surface area contributed by atoms with Crippen LogP contribution in [0.1, 0.15) is 55.0 Å². The van der Waals surface area contributed by atoms with E-state index in [-0.39, 0.29) is 11.9 Å². The van der Waals surface area contributed by atoms with E-state index in [2.05, 4.69) is 23.2 Å². The number of aryl methyl sites for hydroxylation is 2. The number of hydrogen-bond acceptors (Lipinski definition) is 3. The third kappa shape index (κ3) is 3.09. The van der Waals surface area contributed by atoms with Gasteiger partial charge in [-0.3, -0.25) is 9.78 Å². The van der Waals surface area contributed by atoms with E-state index in [9.17, 15) is 4.79 Å². The molecule has 20 heavy (non-hydrogen) atoms. The van der Waals surface area contributed by atoms with Crippen LogP contribution < -0.4 is 0 Å². The monoisotopic (exact) mass is 271 g/mol. The Morgan fingerprint density at radius 1 is 1.20 bits per heavy atom. The van der Waals surface area contributed by atoms with Crippen LogP contribution in [0.15, 0.2) is 24.0 Å². The molecule has 1 aromatic heterocycles. The summed E-state index contributed by atoms with van der Waals surface area (Å²) < 4.78 is 5.46. The van der Waals surface area contributed by atoms with Crippen molar-refractivity contribution in [2.75, 3.05) is 0 Å². The minimum atomic E-state index is -0.0229. The van der Waals surface area contributed by atoms with E-state index in [0.29, 0.717) is 5.92 Å². The zero-order valence-electron chi connectivity index (χ0n) is 12.2. The Hall–Kier alpha value is -1.64. The van der Waals surface area contributed by atoms with Crippen LogP contribution in [0.2, 0.25) is 0 Å². The fourth-order valence-electron chi connectivity index (χ4n) is 2.84. The van der Waals surface area contributed by atoms with Crippen LogP contribution in [-0.4, -0.2) is 11.0 Å². The van der Waals surface area contributed by atoms with Crippen molar-refractivity contribution >= 4 is 5.97 Å². The van der Waals surface area contributed by atoms with Crippen molar-refractivity contribution in [2.45, 2.75) is 51.9 Å². The SMILES string of the molecule is Cc1cc(C2CC=C(OC(=O)C3CC3)CC2)cc(C)n1. The lowest BCUT2D eigenvalue weighted by molar-refractivity contribution is -0.141. The first kappa shape index (κ1) is 13.3. The summed E-state index contributed by atoms with van der Waals surface area (Å²) >= 11 is 0. The fourth-order valence-corrected chi connectivity index (χ4v) is 2.84. The number of nitrogens with zero attached hydrogens (tertiary/aromatic N) is 1. The van der Waals surface area contributed by atoms with Gasteiger partial charge in [-0.25, -0.2) is 0 Å². The van der Waals surface area contributed by atoms with Crippen molar-refractivity contribution in [3.05, 3.63) is 40.9 Å². The second kappa shape index (κ2) is 5.39. The molecule has 1 fully saturated rings. The lowest BCUT2D eigenvalue weighted by Gasteiger charge is -2.22. The van der Waals surface area contributed by atoms with Gasteiger partial charge in [0.1, 0.15) is 5.76 Å². The third-order valence-electron chi connectivity index (χ3n) is 4.09. The number of ether oxygens (including phenoxy) is 1. The number of hydrogen-bond donors (Lipinski definition) is 0. The van der Waals surface area contributed by atoms with E-state index in [1.165, 1.54) is 5.56 Å². The van der Waals surface area contributed by atoms with Crippen molar-refractivity contribution in [3.8, 4) is 0 Å². The summed E-state index contributed by atoms with van der Waals surface area (Å²) in [5.74, 6) is 1.56. The van der Waals surface area contributed by atoms with Gasteiger partial charge in [0.25, 0.3) is 0 Å². The van der Waals surface area contributed by atoms with Gasteiger partial charge in [0, 0.05) is 17.8 Å². The van der Waals surface area contributed by atoms with Gasteiger partial charge in [0.15, 0.2) is 0 Å². The molecule has 0 aromatic carbocycles. The maximum Gasteiger partial charge on any atom is 0.313 e. The molecular formula is C17H21NO2. The Kier molecular flexibility index (Phi) is 3.60. The van der Waals surface area contributed by atoms with E-state index in [1.807, 2.05) is 13.8 Å². The Labute approximate surface area is 120 Å². The standard InChI is InChI=1S/C17H21NO2/c1-11-9-15(10-12(2)18-11)13-5-7-16(8-6-13)20-17(19)14-3-4-14/h7,9-10,13-14H,3-6,8H2,1-2H3. The zero-order valence-corrected chi connectivity index (χ0v) is 12.2. The van der Waals surface area contributed by atoms with E-state index in [4.69, 9.17) is 4.74 Å². The zero-order chi connectivity index (χ0) is 14.1. The molecule has 0 amide bonds. The summed E-state index contributed by atoms with van der Waals surface area (Å²) in [5, 5.41) is 0. The van der Waals surface area contributed by atoms with Gasteiger partial charge in [-0.05, 0) is 69.2 Å². The molecule has 1 saturated carbocycles. The third-order valence-corrected chi connectivity index (χ3v) is 4.09. The lowest BCUT2D eigenvalue weighted by atomic mass is 9.87.